The Hall–Kier alpha value is -4.19. The van der Waals surface area contributed by atoms with Crippen molar-refractivity contribution in [2.45, 2.75) is 29.8 Å². The highest BCUT2D eigenvalue weighted by atomic mass is 19.1. The van der Waals surface area contributed by atoms with E-state index in [0.29, 0.717) is 31.7 Å². The van der Waals surface area contributed by atoms with Crippen LogP contribution in [-0.2, 0) is 42.1 Å². The smallest absolute Gasteiger partial charge is 0.248 e. The van der Waals surface area contributed by atoms with Gasteiger partial charge in [0.1, 0.15) is 23.7 Å². The molecule has 2 saturated heterocycles. The number of piperazine rings is 1. The Labute approximate surface area is 246 Å². The molecule has 7 rings (SSSR count). The summed E-state index contributed by atoms with van der Waals surface area (Å²) in [6.07, 6.45) is 1.06. The van der Waals surface area contributed by atoms with Crippen molar-refractivity contribution in [1.29, 1.82) is 0 Å². The molecular weight excluding hydrogens is 558 g/mol. The van der Waals surface area contributed by atoms with Gasteiger partial charge in [-0.2, -0.15) is 0 Å². The molecule has 222 valence electrons. The van der Waals surface area contributed by atoms with Gasteiger partial charge in [0.05, 0.1) is 37.9 Å². The molecule has 11 heteroatoms. The van der Waals surface area contributed by atoms with Crippen LogP contribution in [0.15, 0.2) is 60.7 Å². The van der Waals surface area contributed by atoms with Gasteiger partial charge in [0.15, 0.2) is 0 Å². The van der Waals surface area contributed by atoms with Crippen LogP contribution in [0, 0.1) is 11.6 Å². The molecule has 0 radical (unpaired) electrons. The number of nitrogens with zero attached hydrogens (tertiary/aromatic N) is 1. The highest BCUT2D eigenvalue weighted by molar-refractivity contribution is 6.07. The Bertz CT molecular complexity index is 1620. The van der Waals surface area contributed by atoms with Crippen molar-refractivity contribution in [1.82, 2.24) is 10.2 Å². The van der Waals surface area contributed by atoms with Crippen molar-refractivity contribution in [3.05, 3.63) is 94.6 Å². The third-order valence-corrected chi connectivity index (χ3v) is 8.93. The molecule has 0 unspecified atom stereocenters. The van der Waals surface area contributed by atoms with Gasteiger partial charge in [-0.25, -0.2) is 8.78 Å². The van der Waals surface area contributed by atoms with Crippen molar-refractivity contribution < 1.29 is 32.6 Å². The summed E-state index contributed by atoms with van der Waals surface area (Å²) in [6, 6.07) is 15.5. The Kier molecular flexibility index (Phi) is 6.76. The van der Waals surface area contributed by atoms with E-state index in [2.05, 4.69) is 16.0 Å². The first-order valence-corrected chi connectivity index (χ1v) is 14.3. The van der Waals surface area contributed by atoms with E-state index in [1.54, 1.807) is 6.07 Å². The average Bonchev–Trinajstić information content (AvgIpc) is 3.37. The predicted octanol–water partition coefficient (Wildman–Crippen LogP) is 2.85. The molecule has 9 nitrogen and oxygen atoms in total. The molecule has 2 atom stereocenters. The van der Waals surface area contributed by atoms with Gasteiger partial charge in [0, 0.05) is 24.0 Å². The fourth-order valence-electron chi connectivity index (χ4n) is 6.85. The second-order valence-corrected chi connectivity index (χ2v) is 11.7. The highest BCUT2D eigenvalue weighted by Gasteiger charge is 2.51. The van der Waals surface area contributed by atoms with Crippen LogP contribution in [0.5, 0.6) is 0 Å². The molecule has 2 spiro atoms. The van der Waals surface area contributed by atoms with Gasteiger partial charge in [-0.1, -0.05) is 24.3 Å². The third-order valence-electron chi connectivity index (χ3n) is 8.93. The van der Waals surface area contributed by atoms with E-state index in [9.17, 15) is 23.2 Å². The third kappa shape index (κ3) is 4.77. The second-order valence-electron chi connectivity index (χ2n) is 11.7. The van der Waals surface area contributed by atoms with Crippen LogP contribution in [0.2, 0.25) is 0 Å². The van der Waals surface area contributed by atoms with Crippen molar-refractivity contribution in [2.24, 2.45) is 0 Å². The number of amides is 3. The van der Waals surface area contributed by atoms with E-state index in [-0.39, 0.29) is 37.8 Å². The number of fused-ring (bicyclic) bond motifs is 3. The fraction of sp³-hybridized carbons (Fsp3) is 0.344. The maximum Gasteiger partial charge on any atom is 0.248 e. The molecule has 3 N–H and O–H groups in total. The maximum absolute atomic E-state index is 14.2. The fourth-order valence-corrected chi connectivity index (χ4v) is 6.85. The van der Waals surface area contributed by atoms with Gasteiger partial charge >= 0.3 is 0 Å². The normalized spacial score (nSPS) is 24.0. The quantitative estimate of drug-likeness (QED) is 0.433. The van der Waals surface area contributed by atoms with Crippen LogP contribution in [0.1, 0.15) is 28.3 Å². The van der Waals surface area contributed by atoms with Crippen LogP contribution in [-0.4, -0.2) is 67.7 Å². The summed E-state index contributed by atoms with van der Waals surface area (Å²) in [6.45, 7) is 0.501. The number of nitrogens with one attached hydrogen (secondary N) is 3. The number of hydrogen-bond acceptors (Lipinski definition) is 6. The van der Waals surface area contributed by atoms with Gasteiger partial charge in [-0.3, -0.25) is 19.7 Å². The van der Waals surface area contributed by atoms with E-state index >= 15 is 0 Å². The lowest BCUT2D eigenvalue weighted by atomic mass is 9.79. The summed E-state index contributed by atoms with van der Waals surface area (Å²) < 4.78 is 39.6. The zero-order valence-corrected chi connectivity index (χ0v) is 23.3. The number of carbonyl (C=O) groups is 3. The van der Waals surface area contributed by atoms with Crippen LogP contribution in [0.4, 0.5) is 20.2 Å². The molecule has 43 heavy (non-hydrogen) atoms. The van der Waals surface area contributed by atoms with Gasteiger partial charge < -0.3 is 25.0 Å². The molecule has 3 heterocycles. The van der Waals surface area contributed by atoms with E-state index in [1.165, 1.54) is 17.0 Å². The number of benzene rings is 3. The first-order valence-electron chi connectivity index (χ1n) is 14.3. The van der Waals surface area contributed by atoms with Crippen LogP contribution >= 0.6 is 0 Å². The number of rotatable bonds is 4. The van der Waals surface area contributed by atoms with Gasteiger partial charge in [0.25, 0.3) is 0 Å². The van der Waals surface area contributed by atoms with E-state index < -0.39 is 40.4 Å². The molecule has 0 bridgehead atoms. The first kappa shape index (κ1) is 27.6. The second kappa shape index (κ2) is 10.5. The SMILES string of the molecule is O=C(CN1C(=O)C2(COCCOC2)NC[C@H]1c1cc(F)cc(F)c1)Nc1ccc2c(c1)C[C@]1(C2)C(=O)Nc2ccccc21. The summed E-state index contributed by atoms with van der Waals surface area (Å²) in [5.74, 6) is -2.51. The van der Waals surface area contributed by atoms with Crippen molar-refractivity contribution in [2.75, 3.05) is 50.2 Å². The van der Waals surface area contributed by atoms with Crippen molar-refractivity contribution >= 4 is 29.1 Å². The first-order chi connectivity index (χ1) is 20.8. The zero-order chi connectivity index (χ0) is 29.8. The molecule has 3 aliphatic heterocycles. The molecule has 0 aromatic heterocycles. The number of ether oxygens (including phenoxy) is 2. The van der Waals surface area contributed by atoms with E-state index in [4.69, 9.17) is 9.47 Å². The van der Waals surface area contributed by atoms with Crippen LogP contribution in [0.3, 0.4) is 0 Å². The lowest BCUT2D eigenvalue weighted by molar-refractivity contribution is -0.151. The molecule has 3 aromatic rings. The van der Waals surface area contributed by atoms with Crippen molar-refractivity contribution in [3.8, 4) is 0 Å². The summed E-state index contributed by atoms with van der Waals surface area (Å²) in [4.78, 5) is 41.8. The Balaban J connectivity index is 1.13. The molecule has 2 fully saturated rings. The van der Waals surface area contributed by atoms with Crippen LogP contribution in [0.25, 0.3) is 0 Å². The topological polar surface area (TPSA) is 109 Å². The largest absolute Gasteiger partial charge is 0.376 e. The monoisotopic (exact) mass is 588 g/mol. The summed E-state index contributed by atoms with van der Waals surface area (Å²) in [5, 5.41) is 9.06. The van der Waals surface area contributed by atoms with E-state index in [1.807, 2.05) is 36.4 Å². The number of anilines is 2. The molecule has 3 aromatic carbocycles. The summed E-state index contributed by atoms with van der Waals surface area (Å²) >= 11 is 0. The highest BCUT2D eigenvalue weighted by Crippen LogP contribution is 2.47. The lowest BCUT2D eigenvalue weighted by Gasteiger charge is -2.45. The number of carbonyl (C=O) groups excluding carboxylic acids is 3. The molecule has 1 aliphatic carbocycles. The number of para-hydroxylation sites is 1. The minimum absolute atomic E-state index is 0.0343. The van der Waals surface area contributed by atoms with Gasteiger partial charge in [0.2, 0.25) is 17.7 Å². The predicted molar refractivity (Wildman–Crippen MR) is 152 cm³/mol. The Morgan fingerprint density at radius 1 is 0.953 bits per heavy atom. The number of halogens is 2. The van der Waals surface area contributed by atoms with Crippen molar-refractivity contribution in [3.63, 3.8) is 0 Å². The molecule has 0 saturated carbocycles. The number of hydrogen-bond donors (Lipinski definition) is 3. The maximum atomic E-state index is 14.2. The van der Waals surface area contributed by atoms with Gasteiger partial charge in [-0.05, 0) is 65.4 Å². The van der Waals surface area contributed by atoms with E-state index in [0.717, 1.165) is 28.4 Å². The molecular formula is C32H30F2N4O5. The summed E-state index contributed by atoms with van der Waals surface area (Å²) in [7, 11) is 0. The standard InChI is InChI=1S/C32H30F2N4O5/c33-22-9-20(10-23(34)12-22)27-15-35-32(17-42-7-8-43-18-32)30(41)38(27)16-28(39)36-24-6-5-19-13-31(14-21(19)11-24)25-3-1-2-4-26(25)37-29(31)40/h1-6,9-12,27,35H,7-8,13-18H2,(H,36,39)(H,37,40)/t27-,31-/m0/s1. The molecule has 3 amide bonds. The minimum Gasteiger partial charge on any atom is -0.376 e. The Morgan fingerprint density at radius 3 is 2.44 bits per heavy atom. The van der Waals surface area contributed by atoms with Crippen LogP contribution < -0.4 is 16.0 Å². The minimum atomic E-state index is -1.22. The zero-order valence-electron chi connectivity index (χ0n) is 23.3. The Morgan fingerprint density at radius 2 is 1.67 bits per heavy atom. The van der Waals surface area contributed by atoms with Gasteiger partial charge in [-0.15, -0.1) is 0 Å². The average molecular weight is 589 g/mol. The summed E-state index contributed by atoms with van der Waals surface area (Å²) in [5.41, 5.74) is 2.64. The molecule has 4 aliphatic rings. The lowest BCUT2D eigenvalue weighted by Crippen LogP contribution is -2.69.